The number of nitrogens with zero attached hydrogens (tertiary/aromatic N) is 3. The summed E-state index contributed by atoms with van der Waals surface area (Å²) in [6.07, 6.45) is 2.70. The zero-order valence-electron chi connectivity index (χ0n) is 20.3. The highest BCUT2D eigenvalue weighted by molar-refractivity contribution is 7.15. The Balaban J connectivity index is 1.72. The molecule has 0 bridgehead atoms. The molecule has 0 amide bonds. The fourth-order valence-electron chi connectivity index (χ4n) is 3.53. The van der Waals surface area contributed by atoms with Crippen molar-refractivity contribution < 1.29 is 23.7 Å². The van der Waals surface area contributed by atoms with Crippen LogP contribution in [0.1, 0.15) is 25.8 Å². The van der Waals surface area contributed by atoms with E-state index in [1.165, 1.54) is 37.2 Å². The van der Waals surface area contributed by atoms with Gasteiger partial charge >= 0.3 is 0 Å². The van der Waals surface area contributed by atoms with Crippen molar-refractivity contribution in [3.63, 3.8) is 0 Å². The van der Waals surface area contributed by atoms with Crippen LogP contribution in [0.4, 0.5) is 0 Å². The second-order valence-electron chi connectivity index (χ2n) is 7.45. The lowest BCUT2D eigenvalue weighted by atomic mass is 10.1. The summed E-state index contributed by atoms with van der Waals surface area (Å²) in [5.41, 5.74) is 1.22. The van der Waals surface area contributed by atoms with Gasteiger partial charge in [0.1, 0.15) is 0 Å². The fourth-order valence-corrected chi connectivity index (χ4v) is 4.44. The number of hydrogen-bond donors (Lipinski definition) is 0. The molecular formula is C25H27N3O6S. The van der Waals surface area contributed by atoms with E-state index in [4.69, 9.17) is 23.7 Å². The Morgan fingerprint density at radius 3 is 2.29 bits per heavy atom. The van der Waals surface area contributed by atoms with E-state index in [0.29, 0.717) is 62.8 Å². The van der Waals surface area contributed by atoms with Crippen molar-refractivity contribution in [2.24, 2.45) is 0 Å². The van der Waals surface area contributed by atoms with Crippen LogP contribution in [0.3, 0.4) is 0 Å². The first kappa shape index (κ1) is 24.3. The molecule has 2 aromatic heterocycles. The van der Waals surface area contributed by atoms with E-state index in [1.807, 2.05) is 32.0 Å². The molecule has 0 aliphatic rings. The van der Waals surface area contributed by atoms with E-state index >= 15 is 0 Å². The first-order valence-corrected chi connectivity index (χ1v) is 12.0. The second-order valence-corrected chi connectivity index (χ2v) is 8.46. The van der Waals surface area contributed by atoms with Gasteiger partial charge in [-0.1, -0.05) is 24.3 Å². The average Bonchev–Trinajstić information content (AvgIpc) is 3.41. The van der Waals surface area contributed by atoms with Crippen LogP contribution in [0.15, 0.2) is 35.1 Å². The number of ether oxygens (including phenoxy) is 5. The summed E-state index contributed by atoms with van der Waals surface area (Å²) in [6, 6.07) is 9.11. The minimum atomic E-state index is -0.250. The van der Waals surface area contributed by atoms with Gasteiger partial charge in [0.25, 0.3) is 5.56 Å². The number of hydrogen-bond acceptors (Lipinski definition) is 9. The summed E-state index contributed by atoms with van der Waals surface area (Å²) in [5, 5.41) is 4.43. The zero-order valence-corrected chi connectivity index (χ0v) is 21.1. The molecule has 2 aromatic carbocycles. The molecule has 0 spiro atoms. The van der Waals surface area contributed by atoms with Gasteiger partial charge in [0.2, 0.25) is 10.7 Å². The molecule has 9 nitrogen and oxygen atoms in total. The van der Waals surface area contributed by atoms with Gasteiger partial charge in [0, 0.05) is 5.56 Å². The van der Waals surface area contributed by atoms with Crippen LogP contribution in [0.2, 0.25) is 0 Å². The van der Waals surface area contributed by atoms with Gasteiger partial charge in [-0.3, -0.25) is 4.79 Å². The van der Waals surface area contributed by atoms with Crippen molar-refractivity contribution in [2.45, 2.75) is 20.3 Å². The van der Waals surface area contributed by atoms with Crippen LogP contribution in [-0.4, -0.2) is 49.1 Å². The average molecular weight is 498 g/mol. The van der Waals surface area contributed by atoms with Crippen molar-refractivity contribution in [2.75, 3.05) is 34.5 Å². The molecule has 4 rings (SSSR count). The number of rotatable bonds is 10. The molecule has 0 fully saturated rings. The number of aromatic nitrogens is 3. The largest absolute Gasteiger partial charge is 0.493 e. The molecule has 0 aliphatic carbocycles. The maximum absolute atomic E-state index is 13.1. The summed E-state index contributed by atoms with van der Waals surface area (Å²) in [5.74, 6) is 3.15. The first-order chi connectivity index (χ1) is 17.0. The highest BCUT2D eigenvalue weighted by Crippen LogP contribution is 2.40. The molecule has 0 saturated carbocycles. The third kappa shape index (κ3) is 4.88. The molecule has 10 heteroatoms. The third-order valence-electron chi connectivity index (χ3n) is 5.13. The Morgan fingerprint density at radius 1 is 0.943 bits per heavy atom. The molecule has 35 heavy (non-hydrogen) atoms. The Morgan fingerprint density at radius 2 is 1.69 bits per heavy atom. The van der Waals surface area contributed by atoms with Crippen LogP contribution in [0.25, 0.3) is 22.4 Å². The van der Waals surface area contributed by atoms with Gasteiger partial charge in [-0.05, 0) is 49.2 Å². The van der Waals surface area contributed by atoms with Crippen molar-refractivity contribution in [1.29, 1.82) is 0 Å². The Kier molecular flexibility index (Phi) is 7.40. The van der Waals surface area contributed by atoms with E-state index in [9.17, 15) is 4.79 Å². The van der Waals surface area contributed by atoms with Gasteiger partial charge in [0.15, 0.2) is 28.8 Å². The van der Waals surface area contributed by atoms with E-state index in [-0.39, 0.29) is 5.56 Å². The number of thiazole rings is 1. The summed E-state index contributed by atoms with van der Waals surface area (Å²) in [4.78, 5) is 18.1. The summed E-state index contributed by atoms with van der Waals surface area (Å²) >= 11 is 1.26. The topological polar surface area (TPSA) is 93.4 Å². The lowest BCUT2D eigenvalue weighted by Crippen LogP contribution is -2.23. The molecule has 0 unspecified atom stereocenters. The van der Waals surface area contributed by atoms with Crippen molar-refractivity contribution in [1.82, 2.24) is 14.6 Å². The molecule has 184 valence electrons. The number of benzene rings is 2. The van der Waals surface area contributed by atoms with Crippen LogP contribution in [-0.2, 0) is 0 Å². The first-order valence-electron chi connectivity index (χ1n) is 11.1. The molecular weight excluding hydrogens is 470 g/mol. The molecule has 0 saturated heterocycles. The van der Waals surface area contributed by atoms with Crippen LogP contribution < -0.4 is 33.8 Å². The van der Waals surface area contributed by atoms with Gasteiger partial charge in [-0.15, -0.1) is 5.10 Å². The lowest BCUT2D eigenvalue weighted by molar-refractivity contribution is 0.277. The Hall–Kier alpha value is -3.79. The predicted molar refractivity (Wildman–Crippen MR) is 134 cm³/mol. The Bertz CT molecular complexity index is 1420. The monoisotopic (exact) mass is 497 g/mol. The van der Waals surface area contributed by atoms with E-state index < -0.39 is 0 Å². The van der Waals surface area contributed by atoms with Gasteiger partial charge in [-0.25, -0.2) is 0 Å². The molecule has 0 aliphatic heterocycles. The van der Waals surface area contributed by atoms with Gasteiger partial charge in [-0.2, -0.15) is 9.50 Å². The molecule has 0 atom stereocenters. The number of methoxy groups -OCH3 is 3. The van der Waals surface area contributed by atoms with Crippen LogP contribution in [0, 0.1) is 0 Å². The molecule has 2 heterocycles. The van der Waals surface area contributed by atoms with Crippen LogP contribution in [0.5, 0.6) is 28.7 Å². The minimum Gasteiger partial charge on any atom is -0.493 e. The highest BCUT2D eigenvalue weighted by atomic mass is 32.1. The van der Waals surface area contributed by atoms with Crippen molar-refractivity contribution >= 4 is 22.4 Å². The van der Waals surface area contributed by atoms with E-state index in [0.717, 1.165) is 12.0 Å². The standard InChI is InChI=1S/C25H27N3O6S/c1-6-10-34-17-9-8-15(11-18(17)33-7-2)12-21-24(29)28-25(35-21)26-23(27-28)16-13-19(30-3)22(32-5)20(14-16)31-4/h8-9,11-14H,6-7,10H2,1-5H3. The highest BCUT2D eigenvalue weighted by Gasteiger charge is 2.18. The minimum absolute atomic E-state index is 0.250. The van der Waals surface area contributed by atoms with Crippen LogP contribution >= 0.6 is 11.3 Å². The molecule has 0 radical (unpaired) electrons. The summed E-state index contributed by atoms with van der Waals surface area (Å²) in [7, 11) is 4.62. The maximum atomic E-state index is 13.1. The number of fused-ring (bicyclic) bond motifs is 1. The normalized spacial score (nSPS) is 11.6. The summed E-state index contributed by atoms with van der Waals surface area (Å²) < 4.78 is 29.5. The third-order valence-corrected chi connectivity index (χ3v) is 6.09. The SMILES string of the molecule is CCCOc1ccc(C=c2sc3nc(-c4cc(OC)c(OC)c(OC)c4)nn3c2=O)cc1OCC. The lowest BCUT2D eigenvalue weighted by Gasteiger charge is -2.12. The molecule has 0 N–H and O–H groups in total. The predicted octanol–water partition coefficient (Wildman–Crippen LogP) is 3.58. The summed E-state index contributed by atoms with van der Waals surface area (Å²) in [6.45, 7) is 5.09. The molecule has 4 aromatic rings. The van der Waals surface area contributed by atoms with Gasteiger partial charge < -0.3 is 23.7 Å². The van der Waals surface area contributed by atoms with E-state index in [2.05, 4.69) is 10.1 Å². The van der Waals surface area contributed by atoms with Crippen molar-refractivity contribution in [3.8, 4) is 40.1 Å². The van der Waals surface area contributed by atoms with Gasteiger partial charge in [0.05, 0.1) is 39.1 Å². The van der Waals surface area contributed by atoms with Crippen molar-refractivity contribution in [3.05, 3.63) is 50.8 Å². The van der Waals surface area contributed by atoms with E-state index in [1.54, 1.807) is 18.2 Å². The fraction of sp³-hybridized carbons (Fsp3) is 0.320. The second kappa shape index (κ2) is 10.6. The quantitative estimate of drug-likeness (QED) is 0.328. The maximum Gasteiger partial charge on any atom is 0.291 e. The smallest absolute Gasteiger partial charge is 0.291 e. The Labute approximate surface area is 206 Å². The zero-order chi connectivity index (χ0) is 24.9.